The van der Waals surface area contributed by atoms with E-state index >= 15 is 0 Å². The van der Waals surface area contributed by atoms with Gasteiger partial charge in [-0.3, -0.25) is 4.99 Å². The normalized spacial score (nSPS) is 24.0. The van der Waals surface area contributed by atoms with Crippen LogP contribution >= 0.6 is 35.3 Å². The van der Waals surface area contributed by atoms with Gasteiger partial charge in [0.05, 0.1) is 11.1 Å². The fourth-order valence-corrected chi connectivity index (χ4v) is 5.10. The molecule has 1 heterocycles. The third-order valence-corrected chi connectivity index (χ3v) is 6.60. The number of aliphatic imine (C=N–C) groups is 1. The Bertz CT molecular complexity index is 662. The predicted molar refractivity (Wildman–Crippen MR) is 115 cm³/mol. The number of ether oxygens (including phenoxy) is 1. The molecule has 0 aromatic carbocycles. The number of nitrogens with zero attached hydrogens (tertiary/aromatic N) is 2. The highest BCUT2D eigenvalue weighted by molar-refractivity contribution is 14.0. The first-order valence-electron chi connectivity index (χ1n) is 9.49. The SMILES string of the molecule is CCOC1CC(NC(=NC)NCCc2nc(C(F)(F)F)cs2)C12CCCC2.I. The first-order chi connectivity index (χ1) is 12.9. The van der Waals surface area contributed by atoms with E-state index in [2.05, 4.69) is 20.6 Å². The van der Waals surface area contributed by atoms with Crippen LogP contribution in [0.25, 0.3) is 0 Å². The van der Waals surface area contributed by atoms with E-state index in [1.807, 2.05) is 6.92 Å². The topological polar surface area (TPSA) is 58.5 Å². The lowest BCUT2D eigenvalue weighted by molar-refractivity contribution is -0.140. The van der Waals surface area contributed by atoms with Crippen LogP contribution in [0.1, 0.15) is 49.7 Å². The molecular formula is C18H28F3IN4OS. The van der Waals surface area contributed by atoms with Gasteiger partial charge in [-0.05, 0) is 26.2 Å². The van der Waals surface area contributed by atoms with Crippen molar-refractivity contribution in [2.75, 3.05) is 20.2 Å². The summed E-state index contributed by atoms with van der Waals surface area (Å²) in [6.45, 7) is 3.26. The average Bonchev–Trinajstić information content (AvgIpc) is 3.29. The maximum absolute atomic E-state index is 12.6. The smallest absolute Gasteiger partial charge is 0.378 e. The van der Waals surface area contributed by atoms with E-state index < -0.39 is 11.9 Å². The molecule has 2 N–H and O–H groups in total. The van der Waals surface area contributed by atoms with Gasteiger partial charge in [0.1, 0.15) is 0 Å². The molecule has 2 aliphatic rings. The molecule has 2 unspecified atom stereocenters. The quantitative estimate of drug-likeness (QED) is 0.327. The van der Waals surface area contributed by atoms with Gasteiger partial charge in [0, 0.05) is 43.5 Å². The molecule has 0 amide bonds. The second kappa shape index (κ2) is 9.92. The minimum atomic E-state index is -4.38. The zero-order chi connectivity index (χ0) is 19.5. The van der Waals surface area contributed by atoms with Gasteiger partial charge in [-0.2, -0.15) is 13.2 Å². The van der Waals surface area contributed by atoms with Crippen molar-refractivity contribution in [3.63, 3.8) is 0 Å². The number of guanidine groups is 1. The Hall–Kier alpha value is -0.620. The summed E-state index contributed by atoms with van der Waals surface area (Å²) in [5, 5.41) is 8.24. The molecule has 10 heteroatoms. The van der Waals surface area contributed by atoms with E-state index in [0.29, 0.717) is 36.1 Å². The largest absolute Gasteiger partial charge is 0.434 e. The number of rotatable bonds is 6. The van der Waals surface area contributed by atoms with Crippen LogP contribution in [0.4, 0.5) is 13.2 Å². The highest BCUT2D eigenvalue weighted by atomic mass is 127. The van der Waals surface area contributed by atoms with Crippen LogP contribution in [0.5, 0.6) is 0 Å². The van der Waals surface area contributed by atoms with E-state index in [1.54, 1.807) is 7.05 Å². The van der Waals surface area contributed by atoms with Gasteiger partial charge in [0.15, 0.2) is 11.7 Å². The minimum absolute atomic E-state index is 0. The lowest BCUT2D eigenvalue weighted by Gasteiger charge is -2.54. The summed E-state index contributed by atoms with van der Waals surface area (Å²) >= 11 is 1.04. The summed E-state index contributed by atoms with van der Waals surface area (Å²) in [6.07, 6.45) is 2.15. The molecule has 2 saturated carbocycles. The molecule has 3 rings (SSSR count). The number of alkyl halides is 3. The number of nitrogens with one attached hydrogen (secondary N) is 2. The van der Waals surface area contributed by atoms with E-state index in [4.69, 9.17) is 4.74 Å². The Balaban J connectivity index is 0.00000280. The van der Waals surface area contributed by atoms with Crippen molar-refractivity contribution in [1.82, 2.24) is 15.6 Å². The van der Waals surface area contributed by atoms with Crippen LogP contribution < -0.4 is 10.6 Å². The summed E-state index contributed by atoms with van der Waals surface area (Å²) in [7, 11) is 1.71. The highest BCUT2D eigenvalue weighted by Gasteiger charge is 2.56. The van der Waals surface area contributed by atoms with Gasteiger partial charge in [0.25, 0.3) is 0 Å². The molecule has 160 valence electrons. The van der Waals surface area contributed by atoms with E-state index in [0.717, 1.165) is 29.7 Å². The van der Waals surface area contributed by atoms with Crippen LogP contribution in [0.2, 0.25) is 0 Å². The van der Waals surface area contributed by atoms with Gasteiger partial charge < -0.3 is 15.4 Å². The van der Waals surface area contributed by atoms with Crippen molar-refractivity contribution in [2.24, 2.45) is 10.4 Å². The van der Waals surface area contributed by atoms with Crippen molar-refractivity contribution in [3.05, 3.63) is 16.1 Å². The monoisotopic (exact) mass is 532 g/mol. The molecule has 0 aliphatic heterocycles. The van der Waals surface area contributed by atoms with Gasteiger partial charge in [-0.25, -0.2) is 4.98 Å². The molecule has 0 radical (unpaired) electrons. The van der Waals surface area contributed by atoms with Crippen LogP contribution in [-0.4, -0.2) is 43.3 Å². The molecule has 2 aliphatic carbocycles. The number of aromatic nitrogens is 1. The molecule has 2 atom stereocenters. The molecule has 1 aromatic rings. The number of thiazole rings is 1. The first kappa shape index (κ1) is 23.7. The maximum atomic E-state index is 12.6. The molecule has 0 bridgehead atoms. The van der Waals surface area contributed by atoms with E-state index in [9.17, 15) is 13.2 Å². The second-order valence-electron chi connectivity index (χ2n) is 7.19. The van der Waals surface area contributed by atoms with Crippen molar-refractivity contribution < 1.29 is 17.9 Å². The molecule has 1 aromatic heterocycles. The van der Waals surface area contributed by atoms with Crippen molar-refractivity contribution in [3.8, 4) is 0 Å². The van der Waals surface area contributed by atoms with Gasteiger partial charge in [-0.1, -0.05) is 12.8 Å². The molecule has 28 heavy (non-hydrogen) atoms. The van der Waals surface area contributed by atoms with Crippen LogP contribution in [0, 0.1) is 5.41 Å². The van der Waals surface area contributed by atoms with Crippen LogP contribution in [0.15, 0.2) is 10.4 Å². The summed E-state index contributed by atoms with van der Waals surface area (Å²) in [5.41, 5.74) is -0.616. The zero-order valence-electron chi connectivity index (χ0n) is 16.1. The molecule has 2 fully saturated rings. The molecule has 0 saturated heterocycles. The number of hydrogen-bond acceptors (Lipinski definition) is 4. The first-order valence-corrected chi connectivity index (χ1v) is 10.4. The fraction of sp³-hybridized carbons (Fsp3) is 0.778. The third-order valence-electron chi connectivity index (χ3n) is 5.70. The Kier molecular flexibility index (Phi) is 8.38. The fourth-order valence-electron chi connectivity index (χ4n) is 4.29. The summed E-state index contributed by atoms with van der Waals surface area (Å²) in [6, 6.07) is 0.333. The Morgan fingerprint density at radius 3 is 2.68 bits per heavy atom. The van der Waals surface area contributed by atoms with Crippen molar-refractivity contribution in [2.45, 2.75) is 63.8 Å². The van der Waals surface area contributed by atoms with Gasteiger partial charge in [0.2, 0.25) is 0 Å². The van der Waals surface area contributed by atoms with E-state index in [1.165, 1.54) is 25.7 Å². The van der Waals surface area contributed by atoms with Gasteiger partial charge in [-0.15, -0.1) is 35.3 Å². The standard InChI is InChI=1S/C18H27F3N4OS.HI/c1-3-26-14-10-12(17(14)7-4-5-8-17)25-16(22-2)23-9-6-15-24-13(11-27-15)18(19,20)21;/h11-12,14H,3-10H2,1-2H3,(H2,22,23,25);1H. The third kappa shape index (κ3) is 5.10. The zero-order valence-corrected chi connectivity index (χ0v) is 19.3. The van der Waals surface area contributed by atoms with Crippen LogP contribution in [-0.2, 0) is 17.3 Å². The number of hydrogen-bond donors (Lipinski definition) is 2. The predicted octanol–water partition coefficient (Wildman–Crippen LogP) is 4.23. The Labute approximate surface area is 185 Å². The highest BCUT2D eigenvalue weighted by Crippen LogP contribution is 2.54. The maximum Gasteiger partial charge on any atom is 0.434 e. The summed E-state index contributed by atoms with van der Waals surface area (Å²) in [4.78, 5) is 7.93. The van der Waals surface area contributed by atoms with Crippen molar-refractivity contribution in [1.29, 1.82) is 0 Å². The minimum Gasteiger partial charge on any atom is -0.378 e. The summed E-state index contributed by atoms with van der Waals surface area (Å²) in [5.74, 6) is 0.689. The van der Waals surface area contributed by atoms with Gasteiger partial charge >= 0.3 is 6.18 Å². The lowest BCUT2D eigenvalue weighted by Crippen LogP contribution is -2.65. The van der Waals surface area contributed by atoms with E-state index in [-0.39, 0.29) is 29.4 Å². The second-order valence-corrected chi connectivity index (χ2v) is 8.13. The molecule has 1 spiro atoms. The van der Waals surface area contributed by atoms with Crippen molar-refractivity contribution >= 4 is 41.3 Å². The summed E-state index contributed by atoms with van der Waals surface area (Å²) < 4.78 is 43.8. The Morgan fingerprint density at radius 2 is 2.11 bits per heavy atom. The number of halogens is 4. The Morgan fingerprint density at radius 1 is 1.39 bits per heavy atom. The average molecular weight is 532 g/mol. The molecular weight excluding hydrogens is 504 g/mol. The van der Waals surface area contributed by atoms with Crippen LogP contribution in [0.3, 0.4) is 0 Å². The molecule has 5 nitrogen and oxygen atoms in total. The lowest BCUT2D eigenvalue weighted by atomic mass is 9.60.